The normalized spacial score (nSPS) is 10.9. The number of fused-ring (bicyclic) bond motifs is 1. The third-order valence-corrected chi connectivity index (χ3v) is 5.30. The van der Waals surface area contributed by atoms with E-state index >= 15 is 0 Å². The average molecular weight is 430 g/mol. The number of nitrogens with zero attached hydrogens (tertiary/aromatic N) is 2. The van der Waals surface area contributed by atoms with Crippen LogP contribution in [0.3, 0.4) is 0 Å². The first-order valence-electron chi connectivity index (χ1n) is 10.2. The molecule has 0 unspecified atom stereocenters. The van der Waals surface area contributed by atoms with Crippen molar-refractivity contribution < 1.29 is 14.6 Å². The van der Waals surface area contributed by atoms with E-state index in [0.29, 0.717) is 22.4 Å². The predicted molar refractivity (Wildman–Crippen MR) is 126 cm³/mol. The molecule has 0 amide bonds. The van der Waals surface area contributed by atoms with Crippen LogP contribution in [0.2, 0.25) is 0 Å². The fourth-order valence-electron chi connectivity index (χ4n) is 3.58. The van der Waals surface area contributed by atoms with Crippen LogP contribution in [0.25, 0.3) is 22.4 Å². The van der Waals surface area contributed by atoms with E-state index in [-0.39, 0.29) is 12.2 Å². The van der Waals surface area contributed by atoms with Gasteiger partial charge < -0.3 is 9.84 Å². The molecule has 0 fully saturated rings. The van der Waals surface area contributed by atoms with Crippen LogP contribution < -0.4 is 4.74 Å². The second-order valence-corrected chi connectivity index (χ2v) is 7.31. The van der Waals surface area contributed by atoms with Gasteiger partial charge in [0.2, 0.25) is 0 Å². The van der Waals surface area contributed by atoms with Gasteiger partial charge in [0.25, 0.3) is 0 Å². The van der Waals surface area contributed by atoms with Crippen LogP contribution in [0.5, 0.6) is 5.75 Å². The number of hydrogen-bond acceptors (Lipinski definition) is 4. The van der Waals surface area contributed by atoms with Gasteiger partial charge in [0.1, 0.15) is 12.4 Å². The van der Waals surface area contributed by atoms with Gasteiger partial charge in [0.15, 0.2) is 0 Å². The van der Waals surface area contributed by atoms with Crippen LogP contribution in [-0.4, -0.2) is 11.1 Å². The van der Waals surface area contributed by atoms with E-state index in [1.807, 2.05) is 48.5 Å². The summed E-state index contributed by atoms with van der Waals surface area (Å²) in [5.41, 5.74) is 3.20. The Kier molecular flexibility index (Phi) is 6.16. The lowest BCUT2D eigenvalue weighted by Gasteiger charge is -2.13. The molecule has 0 saturated carbocycles. The van der Waals surface area contributed by atoms with Gasteiger partial charge in [-0.1, -0.05) is 60.7 Å². The minimum Gasteiger partial charge on any atom is -0.488 e. The summed E-state index contributed by atoms with van der Waals surface area (Å²) in [6.45, 7) is 0.206. The molecular formula is C28H18N2O3. The molecule has 0 spiro atoms. The number of carbonyl (C=O) groups is 1. The van der Waals surface area contributed by atoms with Crippen LogP contribution in [0.15, 0.2) is 84.9 Å². The molecule has 0 heterocycles. The fourth-order valence-corrected chi connectivity index (χ4v) is 3.58. The summed E-state index contributed by atoms with van der Waals surface area (Å²) in [7, 11) is 0. The number of allylic oxidation sites excluding steroid dienone is 1. The van der Waals surface area contributed by atoms with Crippen molar-refractivity contribution in [2.24, 2.45) is 0 Å². The van der Waals surface area contributed by atoms with Gasteiger partial charge in [0, 0.05) is 11.1 Å². The molecule has 0 saturated heterocycles. The monoisotopic (exact) mass is 430 g/mol. The van der Waals surface area contributed by atoms with Gasteiger partial charge >= 0.3 is 5.97 Å². The quantitative estimate of drug-likeness (QED) is 0.297. The number of carboxylic acid groups (broad SMARTS) is 1. The van der Waals surface area contributed by atoms with Crippen molar-refractivity contribution in [3.05, 3.63) is 113 Å². The highest BCUT2D eigenvalue weighted by Crippen LogP contribution is 2.32. The van der Waals surface area contributed by atoms with Gasteiger partial charge in [-0.15, -0.1) is 0 Å². The molecule has 0 aliphatic rings. The highest BCUT2D eigenvalue weighted by Gasteiger charge is 2.12. The maximum absolute atomic E-state index is 11.2. The molecule has 4 rings (SSSR count). The SMILES string of the molecule is N#C/C(=C/c1c(OCc2ccccc2C#N)ccc2ccccc12)c1ccc(C(=O)O)cc1. The Morgan fingerprint density at radius 3 is 2.30 bits per heavy atom. The van der Waals surface area contributed by atoms with Crippen molar-refractivity contribution in [1.29, 1.82) is 10.5 Å². The van der Waals surface area contributed by atoms with Crippen molar-refractivity contribution in [3.63, 3.8) is 0 Å². The third-order valence-electron chi connectivity index (χ3n) is 5.30. The van der Waals surface area contributed by atoms with E-state index in [1.165, 1.54) is 12.1 Å². The number of benzene rings is 4. The standard InChI is InChI=1S/C28H18N2O3/c29-16-22-6-1-2-7-23(22)18-33-27-14-13-20-5-3-4-8-25(20)26(27)15-24(17-30)19-9-11-21(12-10-19)28(31)32/h1-15H,18H2,(H,31,32)/b24-15-. The summed E-state index contributed by atoms with van der Waals surface area (Å²) in [4.78, 5) is 11.2. The zero-order chi connectivity index (χ0) is 23.2. The van der Waals surface area contributed by atoms with Crippen molar-refractivity contribution in [2.75, 3.05) is 0 Å². The Morgan fingerprint density at radius 1 is 0.879 bits per heavy atom. The zero-order valence-corrected chi connectivity index (χ0v) is 17.5. The molecule has 0 atom stereocenters. The average Bonchev–Trinajstić information content (AvgIpc) is 2.86. The summed E-state index contributed by atoms with van der Waals surface area (Å²) >= 11 is 0. The third kappa shape index (κ3) is 4.58. The van der Waals surface area contributed by atoms with Gasteiger partial charge in [-0.05, 0) is 46.7 Å². The van der Waals surface area contributed by atoms with Crippen molar-refractivity contribution in [2.45, 2.75) is 6.61 Å². The Labute approximate surface area is 191 Å². The summed E-state index contributed by atoms with van der Waals surface area (Å²) in [5, 5.41) is 30.2. The topological polar surface area (TPSA) is 94.1 Å². The fraction of sp³-hybridized carbons (Fsp3) is 0.0357. The lowest BCUT2D eigenvalue weighted by atomic mass is 9.98. The summed E-state index contributed by atoms with van der Waals surface area (Å²) in [6.07, 6.45) is 1.75. The maximum atomic E-state index is 11.2. The molecule has 1 N–H and O–H groups in total. The second-order valence-electron chi connectivity index (χ2n) is 7.31. The summed E-state index contributed by atoms with van der Waals surface area (Å²) in [6, 6.07) is 29.4. The summed E-state index contributed by atoms with van der Waals surface area (Å²) < 4.78 is 6.12. The molecular weight excluding hydrogens is 412 g/mol. The zero-order valence-electron chi connectivity index (χ0n) is 17.5. The Bertz CT molecular complexity index is 1460. The summed E-state index contributed by atoms with van der Waals surface area (Å²) in [5.74, 6) is -0.442. The largest absolute Gasteiger partial charge is 0.488 e. The van der Waals surface area contributed by atoms with Crippen LogP contribution in [-0.2, 0) is 6.61 Å². The predicted octanol–water partition coefficient (Wildman–Crippen LogP) is 6.05. The number of rotatable bonds is 6. The Balaban J connectivity index is 1.78. The smallest absolute Gasteiger partial charge is 0.335 e. The molecule has 158 valence electrons. The number of hydrogen-bond donors (Lipinski definition) is 1. The molecule has 4 aromatic carbocycles. The van der Waals surface area contributed by atoms with E-state index in [9.17, 15) is 15.3 Å². The molecule has 5 heteroatoms. The molecule has 4 aromatic rings. The highest BCUT2D eigenvalue weighted by molar-refractivity contribution is 6.00. The molecule has 33 heavy (non-hydrogen) atoms. The van der Waals surface area contributed by atoms with E-state index in [0.717, 1.165) is 21.9 Å². The van der Waals surface area contributed by atoms with Gasteiger partial charge in [-0.2, -0.15) is 10.5 Å². The molecule has 0 aliphatic carbocycles. The Morgan fingerprint density at radius 2 is 1.58 bits per heavy atom. The van der Waals surface area contributed by atoms with Gasteiger partial charge in [-0.3, -0.25) is 0 Å². The van der Waals surface area contributed by atoms with E-state index in [2.05, 4.69) is 12.1 Å². The first-order chi connectivity index (χ1) is 16.1. The Hall–Kier alpha value is -4.87. The van der Waals surface area contributed by atoms with Gasteiger partial charge in [-0.25, -0.2) is 4.79 Å². The number of nitriles is 2. The molecule has 0 aromatic heterocycles. The van der Waals surface area contributed by atoms with Crippen LogP contribution >= 0.6 is 0 Å². The molecule has 0 aliphatic heterocycles. The minimum absolute atomic E-state index is 0.154. The van der Waals surface area contributed by atoms with Crippen LogP contribution in [0.4, 0.5) is 0 Å². The van der Waals surface area contributed by atoms with E-state index < -0.39 is 5.97 Å². The van der Waals surface area contributed by atoms with Crippen LogP contribution in [0, 0.1) is 22.7 Å². The molecule has 5 nitrogen and oxygen atoms in total. The first kappa shape index (κ1) is 21.4. The van der Waals surface area contributed by atoms with Crippen molar-refractivity contribution >= 4 is 28.4 Å². The van der Waals surface area contributed by atoms with Gasteiger partial charge in [0.05, 0.1) is 28.8 Å². The highest BCUT2D eigenvalue weighted by atomic mass is 16.5. The molecule has 0 radical (unpaired) electrons. The lowest BCUT2D eigenvalue weighted by molar-refractivity contribution is 0.0697. The van der Waals surface area contributed by atoms with E-state index in [1.54, 1.807) is 30.3 Å². The van der Waals surface area contributed by atoms with Crippen molar-refractivity contribution in [3.8, 4) is 17.9 Å². The minimum atomic E-state index is -1.02. The maximum Gasteiger partial charge on any atom is 0.335 e. The lowest BCUT2D eigenvalue weighted by Crippen LogP contribution is -2.00. The number of carboxylic acids is 1. The van der Waals surface area contributed by atoms with E-state index in [4.69, 9.17) is 9.84 Å². The number of aromatic carboxylic acids is 1. The van der Waals surface area contributed by atoms with Crippen LogP contribution in [0.1, 0.15) is 32.6 Å². The van der Waals surface area contributed by atoms with Crippen molar-refractivity contribution in [1.82, 2.24) is 0 Å². The molecule has 0 bridgehead atoms. The first-order valence-corrected chi connectivity index (χ1v) is 10.2. The second kappa shape index (κ2) is 9.51. The number of ether oxygens (including phenoxy) is 1.